The van der Waals surface area contributed by atoms with E-state index in [1.807, 2.05) is 6.92 Å². The summed E-state index contributed by atoms with van der Waals surface area (Å²) >= 11 is 6.01. The van der Waals surface area contributed by atoms with Crippen molar-refractivity contribution in [3.8, 4) is 11.5 Å². The molecule has 0 aliphatic heterocycles. The van der Waals surface area contributed by atoms with Gasteiger partial charge in [0.15, 0.2) is 11.5 Å². The van der Waals surface area contributed by atoms with E-state index < -0.39 is 22.0 Å². The van der Waals surface area contributed by atoms with E-state index in [1.165, 1.54) is 30.5 Å². The van der Waals surface area contributed by atoms with Crippen LogP contribution < -0.4 is 14.9 Å². The van der Waals surface area contributed by atoms with E-state index in [0.29, 0.717) is 17.7 Å². The fourth-order valence-corrected chi connectivity index (χ4v) is 4.67. The van der Waals surface area contributed by atoms with Gasteiger partial charge in [-0.3, -0.25) is 4.79 Å². The van der Waals surface area contributed by atoms with Crippen LogP contribution >= 0.6 is 11.6 Å². The Kier molecular flexibility index (Phi) is 8.86. The summed E-state index contributed by atoms with van der Waals surface area (Å²) in [6.07, 6.45) is 1.16. The number of hydrogen-bond acceptors (Lipinski definition) is 6. The molecular formula is C25H26ClN3O5S. The number of sulfonamides is 1. The molecule has 0 fully saturated rings. The van der Waals surface area contributed by atoms with Gasteiger partial charge in [0.25, 0.3) is 0 Å². The van der Waals surface area contributed by atoms with Crippen LogP contribution in [0.1, 0.15) is 36.1 Å². The highest BCUT2D eigenvalue weighted by Gasteiger charge is 2.23. The third-order valence-corrected chi connectivity index (χ3v) is 6.75. The van der Waals surface area contributed by atoms with Crippen molar-refractivity contribution in [1.82, 2.24) is 10.1 Å². The Hall–Kier alpha value is -3.40. The third-order valence-electron chi connectivity index (χ3n) is 4.97. The summed E-state index contributed by atoms with van der Waals surface area (Å²) in [7, 11) is -3.87. The summed E-state index contributed by atoms with van der Waals surface area (Å²) < 4.78 is 33.8. The number of aromatic hydroxyl groups is 1. The van der Waals surface area contributed by atoms with Crippen molar-refractivity contribution in [2.24, 2.45) is 5.10 Å². The number of hydrazone groups is 1. The van der Waals surface area contributed by atoms with Gasteiger partial charge >= 0.3 is 0 Å². The Labute approximate surface area is 209 Å². The van der Waals surface area contributed by atoms with Gasteiger partial charge in [-0.25, -0.2) is 18.6 Å². The van der Waals surface area contributed by atoms with E-state index in [2.05, 4.69) is 15.2 Å². The number of phenolic OH excluding ortho intramolecular Hbond substituents is 1. The van der Waals surface area contributed by atoms with E-state index >= 15 is 0 Å². The van der Waals surface area contributed by atoms with Gasteiger partial charge in [0.05, 0.1) is 28.8 Å². The molecular weight excluding hydrogens is 490 g/mol. The number of carbonyl (C=O) groups excluding carboxylic acids is 1. The molecule has 0 saturated carbocycles. The lowest BCUT2D eigenvalue weighted by Crippen LogP contribution is -2.32. The number of nitrogens with zero attached hydrogens (tertiary/aromatic N) is 1. The molecule has 0 aromatic heterocycles. The van der Waals surface area contributed by atoms with Crippen LogP contribution in [0.15, 0.2) is 76.7 Å². The van der Waals surface area contributed by atoms with Gasteiger partial charge in [0.1, 0.15) is 0 Å². The molecule has 0 heterocycles. The van der Waals surface area contributed by atoms with Crippen LogP contribution in [0.5, 0.6) is 11.5 Å². The second-order valence-electron chi connectivity index (χ2n) is 7.68. The Morgan fingerprint density at radius 2 is 1.83 bits per heavy atom. The molecule has 3 N–H and O–H groups in total. The minimum Gasteiger partial charge on any atom is -0.503 e. The van der Waals surface area contributed by atoms with Crippen molar-refractivity contribution in [3.05, 3.63) is 88.4 Å². The highest BCUT2D eigenvalue weighted by atomic mass is 35.5. The predicted molar refractivity (Wildman–Crippen MR) is 135 cm³/mol. The summed E-state index contributed by atoms with van der Waals surface area (Å²) in [5, 5.41) is 13.9. The molecule has 3 rings (SSSR count). The monoisotopic (exact) mass is 515 g/mol. The molecule has 3 aromatic carbocycles. The molecule has 0 bridgehead atoms. The SMILES string of the molecule is CCOc1cc(/C=N\NC(=O)C[C@@H](NS(=O)(=O)c2ccc(C)cc2)c2ccccc2)cc(Cl)c1O. The van der Waals surface area contributed by atoms with Gasteiger partial charge in [-0.1, -0.05) is 59.6 Å². The molecule has 1 atom stereocenters. The van der Waals surface area contributed by atoms with Gasteiger partial charge in [-0.15, -0.1) is 0 Å². The number of carbonyl (C=O) groups is 1. The Morgan fingerprint density at radius 3 is 2.49 bits per heavy atom. The second kappa shape index (κ2) is 11.8. The first kappa shape index (κ1) is 26.2. The number of hydrogen-bond donors (Lipinski definition) is 3. The summed E-state index contributed by atoms with van der Waals surface area (Å²) in [5.74, 6) is -0.486. The van der Waals surface area contributed by atoms with Crippen molar-refractivity contribution in [2.45, 2.75) is 31.2 Å². The highest BCUT2D eigenvalue weighted by molar-refractivity contribution is 7.89. The maximum absolute atomic E-state index is 12.9. The quantitative estimate of drug-likeness (QED) is 0.275. The van der Waals surface area contributed by atoms with Crippen LogP contribution in [0.2, 0.25) is 5.02 Å². The topological polar surface area (TPSA) is 117 Å². The van der Waals surface area contributed by atoms with Crippen LogP contribution in [0.4, 0.5) is 0 Å². The molecule has 0 spiro atoms. The molecule has 0 aliphatic rings. The zero-order valence-corrected chi connectivity index (χ0v) is 20.8. The summed E-state index contributed by atoms with van der Waals surface area (Å²) in [6, 6.07) is 17.5. The van der Waals surface area contributed by atoms with Gasteiger partial charge in [-0.2, -0.15) is 5.10 Å². The Morgan fingerprint density at radius 1 is 1.14 bits per heavy atom. The van der Waals surface area contributed by atoms with E-state index in [-0.39, 0.29) is 27.8 Å². The average Bonchev–Trinajstić information content (AvgIpc) is 2.82. The molecule has 1 amide bonds. The number of halogens is 1. The van der Waals surface area contributed by atoms with Crippen LogP contribution in [0.3, 0.4) is 0 Å². The van der Waals surface area contributed by atoms with Crippen LogP contribution in [-0.4, -0.2) is 32.3 Å². The lowest BCUT2D eigenvalue weighted by molar-refractivity contribution is -0.121. The smallest absolute Gasteiger partial charge is 0.242 e. The number of amides is 1. The molecule has 3 aromatic rings. The van der Waals surface area contributed by atoms with Gasteiger partial charge in [0, 0.05) is 6.42 Å². The fraction of sp³-hybridized carbons (Fsp3) is 0.200. The second-order valence-corrected chi connectivity index (χ2v) is 9.80. The van der Waals surface area contributed by atoms with E-state index in [9.17, 15) is 18.3 Å². The van der Waals surface area contributed by atoms with Crippen molar-refractivity contribution in [3.63, 3.8) is 0 Å². The number of benzene rings is 3. The molecule has 0 aliphatic carbocycles. The lowest BCUT2D eigenvalue weighted by Gasteiger charge is -2.18. The van der Waals surface area contributed by atoms with Gasteiger partial charge in [0.2, 0.25) is 15.9 Å². The molecule has 35 heavy (non-hydrogen) atoms. The third kappa shape index (κ3) is 7.29. The number of aryl methyl sites for hydroxylation is 1. The maximum atomic E-state index is 12.9. The number of rotatable bonds is 10. The minimum atomic E-state index is -3.87. The van der Waals surface area contributed by atoms with E-state index in [4.69, 9.17) is 16.3 Å². The van der Waals surface area contributed by atoms with Crippen LogP contribution in [0.25, 0.3) is 0 Å². The first-order valence-electron chi connectivity index (χ1n) is 10.8. The minimum absolute atomic E-state index is 0.0818. The largest absolute Gasteiger partial charge is 0.503 e. The fourth-order valence-electron chi connectivity index (χ4n) is 3.23. The average molecular weight is 516 g/mol. The lowest BCUT2D eigenvalue weighted by atomic mass is 10.0. The molecule has 0 saturated heterocycles. The van der Waals surface area contributed by atoms with Gasteiger partial charge in [-0.05, 0) is 49.2 Å². The molecule has 10 heteroatoms. The predicted octanol–water partition coefficient (Wildman–Crippen LogP) is 4.31. The first-order chi connectivity index (χ1) is 16.7. The van der Waals surface area contributed by atoms with Gasteiger partial charge < -0.3 is 9.84 Å². The Balaban J connectivity index is 1.74. The zero-order chi connectivity index (χ0) is 25.4. The van der Waals surface area contributed by atoms with Crippen molar-refractivity contribution in [2.75, 3.05) is 6.61 Å². The van der Waals surface area contributed by atoms with Crippen LogP contribution in [0, 0.1) is 6.92 Å². The van der Waals surface area contributed by atoms with Crippen LogP contribution in [-0.2, 0) is 14.8 Å². The molecule has 8 nitrogen and oxygen atoms in total. The van der Waals surface area contributed by atoms with Crippen molar-refractivity contribution < 1.29 is 23.1 Å². The zero-order valence-electron chi connectivity index (χ0n) is 19.2. The molecule has 184 valence electrons. The first-order valence-corrected chi connectivity index (χ1v) is 12.7. The van der Waals surface area contributed by atoms with Crippen molar-refractivity contribution >= 4 is 33.7 Å². The Bertz CT molecular complexity index is 1300. The summed E-state index contributed by atoms with van der Waals surface area (Å²) in [5.41, 5.74) is 4.46. The van der Waals surface area contributed by atoms with E-state index in [1.54, 1.807) is 49.4 Å². The maximum Gasteiger partial charge on any atom is 0.242 e. The van der Waals surface area contributed by atoms with E-state index in [0.717, 1.165) is 5.56 Å². The number of ether oxygens (including phenoxy) is 1. The summed E-state index contributed by atoms with van der Waals surface area (Å²) in [4.78, 5) is 12.7. The molecule has 0 unspecified atom stereocenters. The summed E-state index contributed by atoms with van der Waals surface area (Å²) in [6.45, 7) is 3.97. The highest BCUT2D eigenvalue weighted by Crippen LogP contribution is 2.34. The molecule has 0 radical (unpaired) electrons. The number of nitrogens with one attached hydrogen (secondary N) is 2. The normalized spacial score (nSPS) is 12.4. The van der Waals surface area contributed by atoms with Crippen molar-refractivity contribution in [1.29, 1.82) is 0 Å². The number of phenols is 1. The standard InChI is InChI=1S/C25H26ClN3O5S/c1-3-34-23-14-18(13-21(26)25(23)31)16-27-28-24(30)15-22(19-7-5-4-6-8-19)29-35(32,33)20-11-9-17(2)10-12-20/h4-14,16,22,29,31H,3,15H2,1-2H3,(H,28,30)/b27-16-/t22-/m1/s1.